The van der Waals surface area contributed by atoms with Gasteiger partial charge in [0.25, 0.3) is 0 Å². The van der Waals surface area contributed by atoms with E-state index in [-0.39, 0.29) is 6.04 Å². The molecule has 2 N–H and O–H groups in total. The molecule has 1 heterocycles. The lowest BCUT2D eigenvalue weighted by atomic mass is 9.91. The van der Waals surface area contributed by atoms with Crippen LogP contribution in [0.15, 0.2) is 0 Å². The summed E-state index contributed by atoms with van der Waals surface area (Å²) in [5, 5.41) is 12.8. The molecule has 0 amide bonds. The Morgan fingerprint density at radius 1 is 1.52 bits per heavy atom. The van der Waals surface area contributed by atoms with Gasteiger partial charge in [0.2, 0.25) is 0 Å². The second-order valence-electron chi connectivity index (χ2n) is 6.76. The van der Waals surface area contributed by atoms with Crippen molar-refractivity contribution in [1.29, 1.82) is 0 Å². The number of nitrogens with zero attached hydrogens (tertiary/aromatic N) is 1. The monoisotopic (exact) mass is 298 g/mol. The number of hydrogen-bond acceptors (Lipinski definition) is 4. The molecule has 1 aliphatic heterocycles. The maximum Gasteiger partial charge on any atom is 0.323 e. The van der Waals surface area contributed by atoms with Crippen LogP contribution in [0.1, 0.15) is 52.9 Å². The molecular weight excluding hydrogens is 268 g/mol. The number of fused-ring (bicyclic) bond motifs is 1. The highest BCUT2D eigenvalue weighted by molar-refractivity contribution is 5.78. The number of carbonyl (C=O) groups is 1. The number of nitrogens with one attached hydrogen (secondary N) is 1. The third-order valence-corrected chi connectivity index (χ3v) is 5.03. The van der Waals surface area contributed by atoms with Crippen LogP contribution in [0.25, 0.3) is 0 Å². The van der Waals surface area contributed by atoms with Crippen molar-refractivity contribution in [3.63, 3.8) is 0 Å². The van der Waals surface area contributed by atoms with Gasteiger partial charge in [0.1, 0.15) is 5.54 Å². The van der Waals surface area contributed by atoms with E-state index in [1.165, 1.54) is 12.8 Å². The summed E-state index contributed by atoms with van der Waals surface area (Å²) in [5.74, 6) is -0.751. The Morgan fingerprint density at radius 3 is 2.95 bits per heavy atom. The number of carboxylic acid groups (broad SMARTS) is 1. The van der Waals surface area contributed by atoms with E-state index >= 15 is 0 Å². The molecule has 0 aromatic rings. The molecule has 0 aromatic carbocycles. The number of morpholine rings is 1. The van der Waals surface area contributed by atoms with Crippen molar-refractivity contribution in [2.45, 2.75) is 76.6 Å². The van der Waals surface area contributed by atoms with Crippen molar-refractivity contribution in [3.05, 3.63) is 0 Å². The summed E-state index contributed by atoms with van der Waals surface area (Å²) in [6, 6.07) is 0.739. The van der Waals surface area contributed by atoms with Gasteiger partial charge in [-0.2, -0.15) is 0 Å². The molecule has 2 aliphatic rings. The summed E-state index contributed by atoms with van der Waals surface area (Å²) in [6.45, 7) is 8.47. The molecule has 5 heteroatoms. The molecule has 2 rings (SSSR count). The van der Waals surface area contributed by atoms with Gasteiger partial charge in [0.05, 0.1) is 12.7 Å². The lowest BCUT2D eigenvalue weighted by molar-refractivity contribution is -0.145. The molecule has 2 fully saturated rings. The highest BCUT2D eigenvalue weighted by atomic mass is 16.5. The molecule has 0 aromatic heterocycles. The Labute approximate surface area is 128 Å². The molecule has 1 saturated heterocycles. The zero-order valence-electron chi connectivity index (χ0n) is 13.6. The predicted molar refractivity (Wildman–Crippen MR) is 82.5 cm³/mol. The lowest BCUT2D eigenvalue weighted by Crippen LogP contribution is -2.57. The van der Waals surface area contributed by atoms with Gasteiger partial charge in [0.15, 0.2) is 0 Å². The summed E-state index contributed by atoms with van der Waals surface area (Å²) in [5.41, 5.74) is -0.845. The van der Waals surface area contributed by atoms with Gasteiger partial charge in [-0.25, -0.2) is 0 Å². The number of rotatable bonds is 7. The first kappa shape index (κ1) is 16.7. The zero-order valence-corrected chi connectivity index (χ0v) is 13.6. The molecule has 0 spiro atoms. The van der Waals surface area contributed by atoms with Crippen molar-refractivity contribution in [1.82, 2.24) is 10.2 Å². The summed E-state index contributed by atoms with van der Waals surface area (Å²) >= 11 is 0. The molecule has 1 saturated carbocycles. The van der Waals surface area contributed by atoms with Gasteiger partial charge in [-0.15, -0.1) is 0 Å². The van der Waals surface area contributed by atoms with Crippen molar-refractivity contribution in [2.75, 3.05) is 19.7 Å². The topological polar surface area (TPSA) is 61.8 Å². The quantitative estimate of drug-likeness (QED) is 0.751. The molecule has 4 unspecified atom stereocenters. The zero-order chi connectivity index (χ0) is 15.5. The average molecular weight is 298 g/mol. The Bertz CT molecular complexity index is 363. The lowest BCUT2D eigenvalue weighted by Gasteiger charge is -2.43. The van der Waals surface area contributed by atoms with E-state index in [9.17, 15) is 9.90 Å². The van der Waals surface area contributed by atoms with Crippen LogP contribution < -0.4 is 5.32 Å². The Hall–Kier alpha value is -0.650. The number of ether oxygens (including phenoxy) is 1. The first-order valence-corrected chi connectivity index (χ1v) is 8.33. The SMILES string of the molecule is CCCNC(C)(CC(C)N1CCOC2CCCC21)C(=O)O. The summed E-state index contributed by atoms with van der Waals surface area (Å²) in [4.78, 5) is 14.1. The summed E-state index contributed by atoms with van der Waals surface area (Å²) < 4.78 is 5.85. The van der Waals surface area contributed by atoms with E-state index in [4.69, 9.17) is 4.74 Å². The minimum absolute atomic E-state index is 0.255. The van der Waals surface area contributed by atoms with Crippen LogP contribution in [0.5, 0.6) is 0 Å². The molecule has 0 radical (unpaired) electrons. The summed E-state index contributed by atoms with van der Waals surface area (Å²) in [7, 11) is 0. The first-order chi connectivity index (χ1) is 9.98. The van der Waals surface area contributed by atoms with Gasteiger partial charge in [-0.05, 0) is 52.5 Å². The van der Waals surface area contributed by atoms with Gasteiger partial charge in [-0.3, -0.25) is 9.69 Å². The Kier molecular flexibility index (Phi) is 5.63. The van der Waals surface area contributed by atoms with E-state index in [1.54, 1.807) is 0 Å². The van der Waals surface area contributed by atoms with Gasteiger partial charge in [0, 0.05) is 18.6 Å². The number of aliphatic carboxylic acids is 1. The van der Waals surface area contributed by atoms with Gasteiger partial charge in [-0.1, -0.05) is 6.92 Å². The van der Waals surface area contributed by atoms with E-state index in [0.29, 0.717) is 18.6 Å². The van der Waals surface area contributed by atoms with Crippen LogP contribution in [0, 0.1) is 0 Å². The standard InChI is InChI=1S/C16H30N2O3/c1-4-8-17-16(3,15(19)20)11-12(2)18-9-10-21-14-7-5-6-13(14)18/h12-14,17H,4-11H2,1-3H3,(H,19,20). The molecule has 0 bridgehead atoms. The highest BCUT2D eigenvalue weighted by Gasteiger charge is 2.41. The second-order valence-corrected chi connectivity index (χ2v) is 6.76. The fourth-order valence-corrected chi connectivity index (χ4v) is 3.85. The molecule has 122 valence electrons. The number of carboxylic acids is 1. The van der Waals surface area contributed by atoms with Crippen molar-refractivity contribution >= 4 is 5.97 Å². The number of hydrogen-bond donors (Lipinski definition) is 2. The largest absolute Gasteiger partial charge is 0.480 e. The second kappa shape index (κ2) is 7.07. The maximum absolute atomic E-state index is 11.7. The molecular formula is C16H30N2O3. The van der Waals surface area contributed by atoms with Gasteiger partial charge >= 0.3 is 5.97 Å². The first-order valence-electron chi connectivity index (χ1n) is 8.33. The summed E-state index contributed by atoms with van der Waals surface area (Å²) in [6.07, 6.45) is 5.49. The third-order valence-electron chi connectivity index (χ3n) is 5.03. The van der Waals surface area contributed by atoms with E-state index in [1.807, 2.05) is 6.92 Å². The third kappa shape index (κ3) is 3.76. The van der Waals surface area contributed by atoms with Crippen molar-refractivity contribution in [3.8, 4) is 0 Å². The van der Waals surface area contributed by atoms with E-state index < -0.39 is 11.5 Å². The van der Waals surface area contributed by atoms with Crippen LogP contribution >= 0.6 is 0 Å². The molecule has 1 aliphatic carbocycles. The van der Waals surface area contributed by atoms with Crippen LogP contribution in [0.2, 0.25) is 0 Å². The molecule has 4 atom stereocenters. The van der Waals surface area contributed by atoms with Gasteiger partial charge < -0.3 is 15.2 Å². The maximum atomic E-state index is 11.7. The van der Waals surface area contributed by atoms with Crippen LogP contribution in [-0.2, 0) is 9.53 Å². The minimum Gasteiger partial charge on any atom is -0.480 e. The van der Waals surface area contributed by atoms with E-state index in [2.05, 4.69) is 24.1 Å². The van der Waals surface area contributed by atoms with Crippen LogP contribution in [0.4, 0.5) is 0 Å². The normalized spacial score (nSPS) is 30.6. The Morgan fingerprint density at radius 2 is 2.29 bits per heavy atom. The highest BCUT2D eigenvalue weighted by Crippen LogP contribution is 2.32. The predicted octanol–water partition coefficient (Wildman–Crippen LogP) is 1.86. The van der Waals surface area contributed by atoms with Crippen LogP contribution in [-0.4, -0.2) is 59.4 Å². The van der Waals surface area contributed by atoms with Crippen molar-refractivity contribution < 1.29 is 14.6 Å². The van der Waals surface area contributed by atoms with Crippen LogP contribution in [0.3, 0.4) is 0 Å². The van der Waals surface area contributed by atoms with Crippen molar-refractivity contribution in [2.24, 2.45) is 0 Å². The minimum atomic E-state index is -0.845. The fraction of sp³-hybridized carbons (Fsp3) is 0.938. The fourth-order valence-electron chi connectivity index (χ4n) is 3.85. The molecule has 5 nitrogen and oxygen atoms in total. The molecule has 21 heavy (non-hydrogen) atoms. The average Bonchev–Trinajstić information content (AvgIpc) is 2.93. The van der Waals surface area contributed by atoms with E-state index in [0.717, 1.165) is 32.5 Å². The smallest absolute Gasteiger partial charge is 0.323 e. The Balaban J connectivity index is 2.00.